The molecule has 1 fully saturated rings. The van der Waals surface area contributed by atoms with E-state index in [9.17, 15) is 23.9 Å². The van der Waals surface area contributed by atoms with Crippen LogP contribution in [0.1, 0.15) is 61.0 Å². The smallest absolute Gasteiger partial charge is 0.332 e. The van der Waals surface area contributed by atoms with Gasteiger partial charge in [0, 0.05) is 18.3 Å². The van der Waals surface area contributed by atoms with Gasteiger partial charge in [-0.05, 0) is 73.2 Å². The molecule has 0 aromatic heterocycles. The zero-order valence-corrected chi connectivity index (χ0v) is 20.4. The molecule has 2 atom stereocenters. The molecule has 0 spiro atoms. The third-order valence-electron chi connectivity index (χ3n) is 6.25. The number of rotatable bonds is 9. The number of urea groups is 1. The van der Waals surface area contributed by atoms with Crippen LogP contribution in [0.3, 0.4) is 0 Å². The average Bonchev–Trinajstić information content (AvgIpc) is 2.85. The normalized spacial score (nSPS) is 18.2. The highest BCUT2D eigenvalue weighted by molar-refractivity contribution is 6.10. The Bertz CT molecular complexity index is 1060. The third kappa shape index (κ3) is 5.62. The number of carbonyl (C=O) groups excluding carboxylic acids is 3. The van der Waals surface area contributed by atoms with E-state index in [0.717, 1.165) is 35.5 Å². The number of unbranched alkanes of at least 4 members (excludes halogenated alkanes) is 2. The third-order valence-corrected chi connectivity index (χ3v) is 6.25. The number of phenols is 1. The summed E-state index contributed by atoms with van der Waals surface area (Å²) in [5.41, 5.74) is 8.27. The number of hydrogen-bond donors (Lipinski definition) is 3. The Morgan fingerprint density at radius 3 is 2.11 bits per heavy atom. The number of nitrogens with one attached hydrogen (secondary N) is 1. The van der Waals surface area contributed by atoms with Gasteiger partial charge < -0.3 is 16.2 Å². The molecule has 4 amide bonds. The molecular weight excluding hydrogens is 451 g/mol. The summed E-state index contributed by atoms with van der Waals surface area (Å²) in [5.74, 6) is -1.45. The summed E-state index contributed by atoms with van der Waals surface area (Å²) in [6, 6.07) is 6.53. The number of anilines is 1. The Labute approximate surface area is 204 Å². The minimum absolute atomic E-state index is 0.210. The van der Waals surface area contributed by atoms with Crippen molar-refractivity contribution in [3.63, 3.8) is 0 Å². The van der Waals surface area contributed by atoms with Crippen molar-refractivity contribution in [2.75, 3.05) is 11.9 Å². The van der Waals surface area contributed by atoms with Gasteiger partial charge in [0.25, 0.3) is 11.8 Å². The maximum absolute atomic E-state index is 13.4. The second-order valence-corrected chi connectivity index (χ2v) is 8.82. The SMILES string of the molecule is CCCCc1cc(C(=O)NC2C(=O)N(C)C(=O)N(c3ccc(F)cc3)C2N)cc(CCCC)c1O. The maximum atomic E-state index is 13.4. The van der Waals surface area contributed by atoms with E-state index in [1.54, 1.807) is 12.1 Å². The fourth-order valence-corrected chi connectivity index (χ4v) is 4.15. The fourth-order valence-electron chi connectivity index (χ4n) is 4.15. The minimum Gasteiger partial charge on any atom is -0.507 e. The summed E-state index contributed by atoms with van der Waals surface area (Å²) in [7, 11) is 1.30. The van der Waals surface area contributed by atoms with E-state index < -0.39 is 35.9 Å². The van der Waals surface area contributed by atoms with Gasteiger partial charge in [-0.15, -0.1) is 0 Å². The summed E-state index contributed by atoms with van der Waals surface area (Å²) in [5, 5.41) is 13.4. The predicted molar refractivity (Wildman–Crippen MR) is 132 cm³/mol. The van der Waals surface area contributed by atoms with Crippen LogP contribution in [-0.2, 0) is 17.6 Å². The van der Waals surface area contributed by atoms with E-state index in [1.807, 2.05) is 13.8 Å². The van der Waals surface area contributed by atoms with Crippen molar-refractivity contribution in [2.45, 2.75) is 64.6 Å². The van der Waals surface area contributed by atoms with Crippen LogP contribution < -0.4 is 16.0 Å². The second kappa shape index (κ2) is 11.3. The summed E-state index contributed by atoms with van der Waals surface area (Å²) >= 11 is 0. The van der Waals surface area contributed by atoms with Crippen LogP contribution in [0.25, 0.3) is 0 Å². The molecule has 0 saturated carbocycles. The van der Waals surface area contributed by atoms with Crippen LogP contribution in [0.5, 0.6) is 5.75 Å². The molecule has 1 heterocycles. The molecule has 0 bridgehead atoms. The first kappa shape index (κ1) is 26.2. The predicted octanol–water partition coefficient (Wildman–Crippen LogP) is 3.70. The molecule has 0 radical (unpaired) electrons. The Hall–Kier alpha value is -3.46. The first-order chi connectivity index (χ1) is 16.7. The van der Waals surface area contributed by atoms with E-state index in [2.05, 4.69) is 5.32 Å². The van der Waals surface area contributed by atoms with Crippen molar-refractivity contribution >= 4 is 23.5 Å². The highest BCUT2D eigenvalue weighted by Crippen LogP contribution is 2.29. The number of nitrogens with zero attached hydrogens (tertiary/aromatic N) is 2. The molecule has 1 aliphatic rings. The van der Waals surface area contributed by atoms with E-state index in [4.69, 9.17) is 5.73 Å². The number of nitrogens with two attached hydrogens (primary N) is 1. The van der Waals surface area contributed by atoms with Gasteiger partial charge in [0.1, 0.15) is 23.8 Å². The number of benzene rings is 2. The standard InChI is InChI=1S/C26H33FN4O4/c1-4-6-8-16-14-18(15-17(22(16)32)9-7-5-2)24(33)29-21-23(28)31(26(35)30(3)25(21)34)20-12-10-19(27)11-13-20/h10-15,21,23,32H,4-9,28H2,1-3H3,(H,29,33). The van der Waals surface area contributed by atoms with Crippen molar-refractivity contribution in [3.05, 3.63) is 58.9 Å². The van der Waals surface area contributed by atoms with Gasteiger partial charge >= 0.3 is 6.03 Å². The topological polar surface area (TPSA) is 116 Å². The number of hydrogen-bond acceptors (Lipinski definition) is 5. The van der Waals surface area contributed by atoms with Crippen molar-refractivity contribution in [1.82, 2.24) is 10.2 Å². The average molecular weight is 485 g/mol. The quantitative estimate of drug-likeness (QED) is 0.502. The van der Waals surface area contributed by atoms with Crippen LogP contribution >= 0.6 is 0 Å². The number of aryl methyl sites for hydroxylation is 2. The summed E-state index contributed by atoms with van der Waals surface area (Å²) in [6.07, 6.45) is 3.64. The molecule has 0 aliphatic carbocycles. The molecule has 35 heavy (non-hydrogen) atoms. The van der Waals surface area contributed by atoms with Gasteiger partial charge in [-0.25, -0.2) is 9.18 Å². The van der Waals surface area contributed by atoms with Crippen LogP contribution in [0.15, 0.2) is 36.4 Å². The van der Waals surface area contributed by atoms with Crippen LogP contribution in [0.4, 0.5) is 14.9 Å². The molecule has 9 heteroatoms. The van der Waals surface area contributed by atoms with Crippen LogP contribution in [-0.4, -0.2) is 47.1 Å². The molecule has 3 rings (SSSR count). The highest BCUT2D eigenvalue weighted by Gasteiger charge is 2.44. The van der Waals surface area contributed by atoms with Gasteiger partial charge in [-0.1, -0.05) is 26.7 Å². The number of phenolic OH excluding ortho intramolecular Hbond substituents is 1. The van der Waals surface area contributed by atoms with Gasteiger partial charge in [0.15, 0.2) is 0 Å². The molecule has 1 saturated heterocycles. The van der Waals surface area contributed by atoms with Crippen molar-refractivity contribution in [3.8, 4) is 5.75 Å². The first-order valence-electron chi connectivity index (χ1n) is 12.0. The number of halogens is 1. The Balaban J connectivity index is 1.91. The Morgan fingerprint density at radius 1 is 1.06 bits per heavy atom. The fraction of sp³-hybridized carbons (Fsp3) is 0.423. The summed E-state index contributed by atoms with van der Waals surface area (Å²) in [4.78, 5) is 41.0. The lowest BCUT2D eigenvalue weighted by molar-refractivity contribution is -0.130. The first-order valence-corrected chi connectivity index (χ1v) is 12.0. The number of aromatic hydroxyl groups is 1. The molecule has 2 unspecified atom stereocenters. The highest BCUT2D eigenvalue weighted by atomic mass is 19.1. The van der Waals surface area contributed by atoms with Gasteiger partial charge in [0.05, 0.1) is 0 Å². The van der Waals surface area contributed by atoms with E-state index in [-0.39, 0.29) is 5.75 Å². The summed E-state index contributed by atoms with van der Waals surface area (Å²) < 4.78 is 13.4. The van der Waals surface area contributed by atoms with Crippen molar-refractivity contribution < 1.29 is 23.9 Å². The van der Waals surface area contributed by atoms with Crippen LogP contribution in [0.2, 0.25) is 0 Å². The Kier molecular flexibility index (Phi) is 8.45. The zero-order valence-electron chi connectivity index (χ0n) is 20.4. The van der Waals surface area contributed by atoms with Crippen molar-refractivity contribution in [1.29, 1.82) is 0 Å². The van der Waals surface area contributed by atoms with Gasteiger partial charge in [-0.3, -0.25) is 19.4 Å². The van der Waals surface area contributed by atoms with E-state index in [1.165, 1.54) is 31.3 Å². The lowest BCUT2D eigenvalue weighted by Gasteiger charge is -2.41. The largest absolute Gasteiger partial charge is 0.507 e. The molecule has 4 N–H and O–H groups in total. The number of likely N-dealkylation sites (N-methyl/N-ethyl adjacent to an activating group) is 1. The number of carbonyl (C=O) groups is 3. The van der Waals surface area contributed by atoms with Crippen LogP contribution in [0, 0.1) is 5.82 Å². The summed E-state index contributed by atoms with van der Waals surface area (Å²) in [6.45, 7) is 4.10. The maximum Gasteiger partial charge on any atom is 0.332 e. The Morgan fingerprint density at radius 2 is 1.60 bits per heavy atom. The van der Waals surface area contributed by atoms with Crippen molar-refractivity contribution in [2.24, 2.45) is 5.73 Å². The van der Waals surface area contributed by atoms with Gasteiger partial charge in [0.2, 0.25) is 0 Å². The molecule has 8 nitrogen and oxygen atoms in total. The van der Waals surface area contributed by atoms with E-state index in [0.29, 0.717) is 35.2 Å². The molecular formula is C26H33FN4O4. The lowest BCUT2D eigenvalue weighted by atomic mass is 9.96. The lowest BCUT2D eigenvalue weighted by Crippen LogP contribution is -2.71. The number of imide groups is 1. The zero-order chi connectivity index (χ0) is 25.7. The monoisotopic (exact) mass is 484 g/mol. The van der Waals surface area contributed by atoms with E-state index >= 15 is 0 Å². The molecule has 1 aliphatic heterocycles. The molecule has 2 aromatic carbocycles. The van der Waals surface area contributed by atoms with Gasteiger partial charge in [-0.2, -0.15) is 0 Å². The minimum atomic E-state index is -1.22. The molecule has 188 valence electrons. The molecule has 2 aromatic rings. The number of amides is 4. The second-order valence-electron chi connectivity index (χ2n) is 8.82.